The summed E-state index contributed by atoms with van der Waals surface area (Å²) in [6.45, 7) is 3.28. The summed E-state index contributed by atoms with van der Waals surface area (Å²) in [4.78, 5) is 33.6. The van der Waals surface area contributed by atoms with Gasteiger partial charge in [-0.2, -0.15) is 0 Å². The molecule has 0 saturated carbocycles. The highest BCUT2D eigenvalue weighted by Crippen LogP contribution is 2.22. The van der Waals surface area contributed by atoms with Crippen molar-refractivity contribution in [1.29, 1.82) is 0 Å². The van der Waals surface area contributed by atoms with Crippen LogP contribution in [0.3, 0.4) is 0 Å². The average molecular weight is 358 g/mol. The van der Waals surface area contributed by atoms with Gasteiger partial charge in [0.2, 0.25) is 0 Å². The number of hydrogen-bond acceptors (Lipinski definition) is 5. The Morgan fingerprint density at radius 2 is 1.00 bits per heavy atom. The van der Waals surface area contributed by atoms with Gasteiger partial charge in [-0.3, -0.25) is 0 Å². The van der Waals surface area contributed by atoms with Crippen molar-refractivity contribution < 1.29 is 34.1 Å². The normalized spacial score (nSPS) is 12.7. The highest BCUT2D eigenvalue weighted by atomic mass is 16.7. The van der Waals surface area contributed by atoms with E-state index in [4.69, 9.17) is 19.7 Å². The van der Waals surface area contributed by atoms with Gasteiger partial charge in [0.05, 0.1) is 11.1 Å². The number of ether oxygens (including phenoxy) is 2. The van der Waals surface area contributed by atoms with Gasteiger partial charge in [-0.05, 0) is 49.2 Å². The van der Waals surface area contributed by atoms with Crippen molar-refractivity contribution in [1.82, 2.24) is 0 Å². The van der Waals surface area contributed by atoms with Crippen molar-refractivity contribution >= 4 is 18.1 Å². The number of carbonyl (C=O) groups excluding carboxylic acids is 1. The number of hydrogen-bond donors (Lipinski definition) is 2. The average Bonchev–Trinajstić information content (AvgIpc) is 2.61. The molecule has 0 aliphatic carbocycles. The van der Waals surface area contributed by atoms with Gasteiger partial charge in [0.25, 0.3) is 0 Å². The maximum atomic E-state index is 11.9. The highest BCUT2D eigenvalue weighted by molar-refractivity contribution is 5.88. The molecule has 2 aromatic carbocycles. The number of carbonyl (C=O) groups is 3. The molecular weight excluding hydrogens is 340 g/mol. The van der Waals surface area contributed by atoms with Gasteiger partial charge < -0.3 is 19.7 Å². The Morgan fingerprint density at radius 1 is 0.692 bits per heavy atom. The molecule has 2 rings (SSSR count). The molecule has 2 aromatic rings. The first kappa shape index (κ1) is 19.0. The number of benzene rings is 2. The lowest BCUT2D eigenvalue weighted by molar-refractivity contribution is 0.00618. The van der Waals surface area contributed by atoms with E-state index >= 15 is 0 Å². The molecule has 2 atom stereocenters. The van der Waals surface area contributed by atoms with Crippen molar-refractivity contribution in [2.75, 3.05) is 0 Å². The zero-order valence-corrected chi connectivity index (χ0v) is 14.2. The fourth-order valence-corrected chi connectivity index (χ4v) is 2.25. The Balaban J connectivity index is 1.94. The van der Waals surface area contributed by atoms with Crippen LogP contribution in [0.2, 0.25) is 0 Å². The number of carboxylic acid groups (broad SMARTS) is 2. The lowest BCUT2D eigenvalue weighted by Gasteiger charge is -2.17. The molecule has 0 saturated heterocycles. The molecule has 0 aliphatic rings. The molecule has 136 valence electrons. The third-order valence-electron chi connectivity index (χ3n) is 3.80. The fraction of sp³-hybridized carbons (Fsp3) is 0.211. The first-order valence-corrected chi connectivity index (χ1v) is 7.81. The van der Waals surface area contributed by atoms with E-state index in [0.717, 1.165) is 0 Å². The van der Waals surface area contributed by atoms with Crippen LogP contribution in [0.4, 0.5) is 4.79 Å². The predicted molar refractivity (Wildman–Crippen MR) is 91.2 cm³/mol. The van der Waals surface area contributed by atoms with Crippen molar-refractivity contribution in [2.45, 2.75) is 26.1 Å². The molecule has 7 heteroatoms. The minimum absolute atomic E-state index is 0.141. The maximum Gasteiger partial charge on any atom is 0.509 e. The lowest BCUT2D eigenvalue weighted by atomic mass is 10.1. The van der Waals surface area contributed by atoms with Gasteiger partial charge in [-0.25, -0.2) is 14.4 Å². The summed E-state index contributed by atoms with van der Waals surface area (Å²) in [5.74, 6) is -2.07. The molecule has 0 aliphatic heterocycles. The largest absolute Gasteiger partial charge is 0.509 e. The van der Waals surface area contributed by atoms with Crippen LogP contribution >= 0.6 is 0 Å². The maximum absolute atomic E-state index is 11.9. The quantitative estimate of drug-likeness (QED) is 0.749. The van der Waals surface area contributed by atoms with E-state index in [1.165, 1.54) is 24.3 Å². The summed E-state index contributed by atoms with van der Waals surface area (Å²) >= 11 is 0. The molecule has 2 N–H and O–H groups in total. The van der Waals surface area contributed by atoms with Gasteiger partial charge in [-0.1, -0.05) is 24.3 Å². The molecule has 0 fully saturated rings. The van der Waals surface area contributed by atoms with Gasteiger partial charge in [0, 0.05) is 0 Å². The molecule has 0 spiro atoms. The standard InChI is InChI=1S/C19H18O7/c1-11(13-3-7-15(8-4-13)17(20)21)25-19(24)26-12(2)14-5-9-16(10-6-14)18(22)23/h3-12H,1-2H3,(H,20,21)(H,22,23). The summed E-state index contributed by atoms with van der Waals surface area (Å²) < 4.78 is 10.4. The zero-order valence-electron chi connectivity index (χ0n) is 14.2. The second-order valence-electron chi connectivity index (χ2n) is 5.62. The van der Waals surface area contributed by atoms with E-state index in [0.29, 0.717) is 11.1 Å². The molecule has 0 amide bonds. The van der Waals surface area contributed by atoms with E-state index in [9.17, 15) is 14.4 Å². The van der Waals surface area contributed by atoms with Crippen LogP contribution in [-0.4, -0.2) is 28.3 Å². The first-order valence-electron chi connectivity index (χ1n) is 7.81. The van der Waals surface area contributed by atoms with E-state index in [2.05, 4.69) is 0 Å². The van der Waals surface area contributed by atoms with Gasteiger partial charge in [0.1, 0.15) is 12.2 Å². The Bertz CT molecular complexity index is 726. The van der Waals surface area contributed by atoms with E-state index < -0.39 is 30.3 Å². The Kier molecular flexibility index (Phi) is 5.95. The SMILES string of the molecule is CC(OC(=O)OC(C)c1ccc(C(=O)O)cc1)c1ccc(C(=O)O)cc1. The Morgan fingerprint density at radius 3 is 1.27 bits per heavy atom. The van der Waals surface area contributed by atoms with E-state index in [-0.39, 0.29) is 11.1 Å². The molecule has 0 bridgehead atoms. The van der Waals surface area contributed by atoms with Crippen LogP contribution in [0.15, 0.2) is 48.5 Å². The van der Waals surface area contributed by atoms with Crippen molar-refractivity contribution in [3.63, 3.8) is 0 Å². The zero-order chi connectivity index (χ0) is 19.3. The topological polar surface area (TPSA) is 110 Å². The molecule has 7 nitrogen and oxygen atoms in total. The predicted octanol–water partition coefficient (Wildman–Crippen LogP) is 4.06. The molecule has 0 aromatic heterocycles. The summed E-state index contributed by atoms with van der Waals surface area (Å²) in [5, 5.41) is 17.8. The Hall–Kier alpha value is -3.35. The van der Waals surface area contributed by atoms with Crippen molar-refractivity contribution in [3.05, 3.63) is 70.8 Å². The molecule has 2 unspecified atom stereocenters. The van der Waals surface area contributed by atoms with Crippen molar-refractivity contribution in [2.24, 2.45) is 0 Å². The number of aromatic carboxylic acids is 2. The summed E-state index contributed by atoms with van der Waals surface area (Å²) in [5.41, 5.74) is 1.54. The molecule has 26 heavy (non-hydrogen) atoms. The minimum atomic E-state index is -1.03. The summed E-state index contributed by atoms with van der Waals surface area (Å²) in [6.07, 6.45) is -2.12. The summed E-state index contributed by atoms with van der Waals surface area (Å²) in [7, 11) is 0. The molecule has 0 heterocycles. The molecular formula is C19H18O7. The van der Waals surface area contributed by atoms with Gasteiger partial charge in [-0.15, -0.1) is 0 Å². The lowest BCUT2D eigenvalue weighted by Crippen LogP contribution is -2.13. The smallest absolute Gasteiger partial charge is 0.478 e. The van der Waals surface area contributed by atoms with Crippen LogP contribution in [0.1, 0.15) is 57.9 Å². The minimum Gasteiger partial charge on any atom is -0.478 e. The Labute approximate surface area is 149 Å². The molecule has 0 radical (unpaired) electrons. The van der Waals surface area contributed by atoms with Gasteiger partial charge >= 0.3 is 18.1 Å². The van der Waals surface area contributed by atoms with Crippen LogP contribution < -0.4 is 0 Å². The van der Waals surface area contributed by atoms with E-state index in [1.54, 1.807) is 38.1 Å². The third-order valence-corrected chi connectivity index (χ3v) is 3.80. The van der Waals surface area contributed by atoms with Gasteiger partial charge in [0.15, 0.2) is 0 Å². The highest BCUT2D eigenvalue weighted by Gasteiger charge is 2.17. The fourth-order valence-electron chi connectivity index (χ4n) is 2.25. The second kappa shape index (κ2) is 8.15. The summed E-state index contributed by atoms with van der Waals surface area (Å²) in [6, 6.07) is 12.0. The van der Waals surface area contributed by atoms with E-state index in [1.807, 2.05) is 0 Å². The van der Waals surface area contributed by atoms with Crippen LogP contribution in [0.5, 0.6) is 0 Å². The van der Waals surface area contributed by atoms with Crippen LogP contribution in [-0.2, 0) is 9.47 Å². The first-order chi connectivity index (χ1) is 12.3. The monoisotopic (exact) mass is 358 g/mol. The van der Waals surface area contributed by atoms with Crippen LogP contribution in [0.25, 0.3) is 0 Å². The number of rotatable bonds is 6. The second-order valence-corrected chi connectivity index (χ2v) is 5.62. The third kappa shape index (κ3) is 4.83. The number of carboxylic acids is 2. The van der Waals surface area contributed by atoms with Crippen LogP contribution in [0, 0.1) is 0 Å². The van der Waals surface area contributed by atoms with Crippen molar-refractivity contribution in [3.8, 4) is 0 Å².